The van der Waals surface area contributed by atoms with E-state index in [1.54, 1.807) is 36.4 Å². The summed E-state index contributed by atoms with van der Waals surface area (Å²) in [5.74, 6) is 1.23. The van der Waals surface area contributed by atoms with E-state index in [0.29, 0.717) is 23.8 Å². The van der Waals surface area contributed by atoms with E-state index in [0.717, 1.165) is 6.42 Å². The van der Waals surface area contributed by atoms with E-state index in [-0.39, 0.29) is 10.6 Å². The zero-order valence-electron chi connectivity index (χ0n) is 16.3. The zero-order chi connectivity index (χ0) is 20.7. The number of ether oxygens (including phenoxy) is 3. The van der Waals surface area contributed by atoms with Gasteiger partial charge in [-0.15, -0.1) is 0 Å². The standard InChI is InChI=1S/C22H23NO5S/c1-26-19-11-12-21(27-2)22(16-19)29(24,25)23-18-9-6-10-20(15-18)28-14-13-17-7-4-3-5-8-17/h3-12,15-16,23H,13-14H2,1-2H3. The van der Waals surface area contributed by atoms with Gasteiger partial charge in [-0.3, -0.25) is 4.72 Å². The topological polar surface area (TPSA) is 73.9 Å². The molecule has 1 N–H and O–H groups in total. The molecular weight excluding hydrogens is 390 g/mol. The first-order chi connectivity index (χ1) is 14.0. The Kier molecular flexibility index (Phi) is 6.61. The third-order valence-electron chi connectivity index (χ3n) is 4.25. The number of benzene rings is 3. The molecule has 0 spiro atoms. The van der Waals surface area contributed by atoms with Crippen LogP contribution >= 0.6 is 0 Å². The predicted octanol–water partition coefficient (Wildman–Crippen LogP) is 4.13. The van der Waals surface area contributed by atoms with Crippen LogP contribution in [0.3, 0.4) is 0 Å². The Morgan fingerprint density at radius 2 is 1.62 bits per heavy atom. The van der Waals surface area contributed by atoms with Gasteiger partial charge >= 0.3 is 0 Å². The Balaban J connectivity index is 1.72. The van der Waals surface area contributed by atoms with E-state index in [4.69, 9.17) is 14.2 Å². The van der Waals surface area contributed by atoms with E-state index in [9.17, 15) is 8.42 Å². The fourth-order valence-corrected chi connectivity index (χ4v) is 4.02. The molecule has 6 nitrogen and oxygen atoms in total. The quantitative estimate of drug-likeness (QED) is 0.571. The highest BCUT2D eigenvalue weighted by molar-refractivity contribution is 7.92. The van der Waals surface area contributed by atoms with Crippen LogP contribution in [0, 0.1) is 0 Å². The highest BCUT2D eigenvalue weighted by Crippen LogP contribution is 2.30. The van der Waals surface area contributed by atoms with E-state index in [2.05, 4.69) is 4.72 Å². The predicted molar refractivity (Wildman–Crippen MR) is 112 cm³/mol. The van der Waals surface area contributed by atoms with E-state index in [1.165, 1.54) is 25.8 Å². The maximum absolute atomic E-state index is 12.9. The number of sulfonamides is 1. The number of anilines is 1. The largest absolute Gasteiger partial charge is 0.497 e. The first-order valence-corrected chi connectivity index (χ1v) is 10.5. The van der Waals surface area contributed by atoms with Crippen LogP contribution in [-0.2, 0) is 16.4 Å². The minimum absolute atomic E-state index is 0.00486. The first-order valence-electron chi connectivity index (χ1n) is 9.03. The number of hydrogen-bond donors (Lipinski definition) is 1. The van der Waals surface area contributed by atoms with Gasteiger partial charge in [-0.05, 0) is 29.8 Å². The molecule has 0 amide bonds. The molecule has 152 valence electrons. The molecule has 7 heteroatoms. The Bertz CT molecular complexity index is 1050. The summed E-state index contributed by atoms with van der Waals surface area (Å²) in [6.07, 6.45) is 0.762. The van der Waals surface area contributed by atoms with Gasteiger partial charge in [0, 0.05) is 18.6 Å². The monoisotopic (exact) mass is 413 g/mol. The Hall–Kier alpha value is -3.19. The third kappa shape index (κ3) is 5.42. The number of hydrogen-bond acceptors (Lipinski definition) is 5. The molecule has 0 aliphatic carbocycles. The fourth-order valence-electron chi connectivity index (χ4n) is 2.78. The molecular formula is C22H23NO5S. The van der Waals surface area contributed by atoms with Crippen molar-refractivity contribution in [2.24, 2.45) is 0 Å². The van der Waals surface area contributed by atoms with Gasteiger partial charge in [0.05, 0.1) is 26.5 Å². The Morgan fingerprint density at radius 1 is 0.828 bits per heavy atom. The summed E-state index contributed by atoms with van der Waals surface area (Å²) in [7, 11) is -0.987. The Morgan fingerprint density at radius 3 is 2.34 bits per heavy atom. The summed E-state index contributed by atoms with van der Waals surface area (Å²) in [5, 5.41) is 0. The summed E-state index contributed by atoms with van der Waals surface area (Å²) in [4.78, 5) is -0.00486. The number of methoxy groups -OCH3 is 2. The lowest BCUT2D eigenvalue weighted by atomic mass is 10.2. The molecule has 0 atom stereocenters. The maximum atomic E-state index is 12.9. The lowest BCUT2D eigenvalue weighted by Gasteiger charge is -2.14. The van der Waals surface area contributed by atoms with Crippen molar-refractivity contribution in [1.82, 2.24) is 0 Å². The minimum Gasteiger partial charge on any atom is -0.497 e. The van der Waals surface area contributed by atoms with Crippen molar-refractivity contribution in [2.75, 3.05) is 25.5 Å². The highest BCUT2D eigenvalue weighted by Gasteiger charge is 2.21. The molecule has 0 aromatic heterocycles. The second-order valence-electron chi connectivity index (χ2n) is 6.23. The van der Waals surface area contributed by atoms with Crippen LogP contribution in [0.2, 0.25) is 0 Å². The summed E-state index contributed by atoms with van der Waals surface area (Å²) < 4.78 is 44.4. The van der Waals surface area contributed by atoms with Gasteiger partial charge in [-0.2, -0.15) is 0 Å². The average molecular weight is 413 g/mol. The van der Waals surface area contributed by atoms with Crippen LogP contribution in [0.4, 0.5) is 5.69 Å². The van der Waals surface area contributed by atoms with Gasteiger partial charge in [0.1, 0.15) is 22.1 Å². The fraction of sp³-hybridized carbons (Fsp3) is 0.182. The highest BCUT2D eigenvalue weighted by atomic mass is 32.2. The van der Waals surface area contributed by atoms with Crippen molar-refractivity contribution in [3.63, 3.8) is 0 Å². The Labute approximate surface area is 171 Å². The average Bonchev–Trinajstić information content (AvgIpc) is 2.74. The van der Waals surface area contributed by atoms with Crippen molar-refractivity contribution in [2.45, 2.75) is 11.3 Å². The molecule has 0 radical (unpaired) electrons. The van der Waals surface area contributed by atoms with Crippen LogP contribution in [0.5, 0.6) is 17.2 Å². The van der Waals surface area contributed by atoms with Crippen molar-refractivity contribution in [3.05, 3.63) is 78.4 Å². The molecule has 0 aliphatic heterocycles. The second kappa shape index (κ2) is 9.34. The summed E-state index contributed by atoms with van der Waals surface area (Å²) >= 11 is 0. The molecule has 3 aromatic carbocycles. The third-order valence-corrected chi connectivity index (χ3v) is 5.65. The maximum Gasteiger partial charge on any atom is 0.265 e. The van der Waals surface area contributed by atoms with Crippen LogP contribution in [-0.4, -0.2) is 29.2 Å². The molecule has 3 aromatic rings. The molecule has 0 unspecified atom stereocenters. The van der Waals surface area contributed by atoms with Crippen molar-refractivity contribution in [1.29, 1.82) is 0 Å². The second-order valence-corrected chi connectivity index (χ2v) is 7.89. The summed E-state index contributed by atoms with van der Waals surface area (Å²) in [6, 6.07) is 21.4. The minimum atomic E-state index is -3.88. The molecule has 3 rings (SSSR count). The smallest absolute Gasteiger partial charge is 0.265 e. The molecule has 0 saturated carbocycles. The van der Waals surface area contributed by atoms with Crippen LogP contribution in [0.25, 0.3) is 0 Å². The van der Waals surface area contributed by atoms with Gasteiger partial charge in [0.15, 0.2) is 0 Å². The molecule has 0 fully saturated rings. The van der Waals surface area contributed by atoms with Crippen molar-refractivity contribution < 1.29 is 22.6 Å². The van der Waals surface area contributed by atoms with Gasteiger partial charge in [-0.25, -0.2) is 8.42 Å². The first kappa shape index (κ1) is 20.5. The van der Waals surface area contributed by atoms with Gasteiger partial charge in [0.2, 0.25) is 0 Å². The SMILES string of the molecule is COc1ccc(OC)c(S(=O)(=O)Nc2cccc(OCCc3ccccc3)c2)c1. The van der Waals surface area contributed by atoms with E-state index in [1.807, 2.05) is 30.3 Å². The lowest BCUT2D eigenvalue weighted by Crippen LogP contribution is -2.14. The van der Waals surface area contributed by atoms with Gasteiger partial charge in [-0.1, -0.05) is 36.4 Å². The van der Waals surface area contributed by atoms with Crippen LogP contribution in [0.15, 0.2) is 77.7 Å². The van der Waals surface area contributed by atoms with E-state index >= 15 is 0 Å². The van der Waals surface area contributed by atoms with Crippen molar-refractivity contribution in [3.8, 4) is 17.2 Å². The lowest BCUT2D eigenvalue weighted by molar-refractivity contribution is 0.322. The molecule has 29 heavy (non-hydrogen) atoms. The zero-order valence-corrected chi connectivity index (χ0v) is 17.1. The number of nitrogens with one attached hydrogen (secondary N) is 1. The molecule has 0 saturated heterocycles. The van der Waals surface area contributed by atoms with Crippen LogP contribution < -0.4 is 18.9 Å². The molecule has 0 aliphatic rings. The van der Waals surface area contributed by atoms with Crippen molar-refractivity contribution >= 4 is 15.7 Å². The summed E-state index contributed by atoms with van der Waals surface area (Å²) in [5.41, 5.74) is 1.57. The number of rotatable bonds is 9. The summed E-state index contributed by atoms with van der Waals surface area (Å²) in [6.45, 7) is 0.490. The molecule has 0 bridgehead atoms. The van der Waals surface area contributed by atoms with Gasteiger partial charge in [0.25, 0.3) is 10.0 Å². The van der Waals surface area contributed by atoms with Gasteiger partial charge < -0.3 is 14.2 Å². The normalized spacial score (nSPS) is 11.0. The molecule has 0 heterocycles. The van der Waals surface area contributed by atoms with Crippen LogP contribution in [0.1, 0.15) is 5.56 Å². The van der Waals surface area contributed by atoms with E-state index < -0.39 is 10.0 Å².